The summed E-state index contributed by atoms with van der Waals surface area (Å²) >= 11 is 0. The fraction of sp³-hybridized carbons (Fsp3) is 0.545. The van der Waals surface area contributed by atoms with E-state index in [4.69, 9.17) is 10.5 Å². The molecule has 2 heterocycles. The molecule has 0 bridgehead atoms. The largest absolute Gasteiger partial charge is 0.384 e. The number of nitrogens with two attached hydrogens (primary N) is 1. The van der Waals surface area contributed by atoms with Crippen molar-refractivity contribution in [2.45, 2.75) is 30.2 Å². The van der Waals surface area contributed by atoms with E-state index < -0.39 is 15.6 Å². The Bertz CT molecular complexity index is 507. The van der Waals surface area contributed by atoms with Gasteiger partial charge in [0.25, 0.3) is 0 Å². The maximum atomic E-state index is 12.2. The number of pyridine rings is 1. The van der Waals surface area contributed by atoms with Crippen LogP contribution >= 0.6 is 0 Å². The zero-order valence-corrected chi connectivity index (χ0v) is 11.0. The maximum Gasteiger partial charge on any atom is 0.242 e. The molecule has 1 aliphatic rings. The second-order valence-electron chi connectivity index (χ2n) is 4.70. The fourth-order valence-corrected chi connectivity index (χ4v) is 3.27. The van der Waals surface area contributed by atoms with Crippen molar-refractivity contribution in [2.24, 2.45) is 0 Å². The first-order chi connectivity index (χ1) is 8.41. The lowest BCUT2D eigenvalue weighted by Crippen LogP contribution is -2.49. The molecule has 6 nitrogen and oxygen atoms in total. The number of nitrogens with one attached hydrogen (secondary N) is 1. The van der Waals surface area contributed by atoms with Gasteiger partial charge >= 0.3 is 0 Å². The quantitative estimate of drug-likeness (QED) is 0.835. The number of hydrogen-bond donors (Lipinski definition) is 2. The molecule has 1 aromatic heterocycles. The van der Waals surface area contributed by atoms with Gasteiger partial charge in [-0.3, -0.25) is 0 Å². The van der Waals surface area contributed by atoms with E-state index in [1.165, 1.54) is 18.3 Å². The summed E-state index contributed by atoms with van der Waals surface area (Å²) in [6.07, 6.45) is 2.59. The van der Waals surface area contributed by atoms with E-state index in [9.17, 15) is 8.42 Å². The minimum Gasteiger partial charge on any atom is -0.384 e. The van der Waals surface area contributed by atoms with Gasteiger partial charge in [0.05, 0.1) is 0 Å². The smallest absolute Gasteiger partial charge is 0.242 e. The molecule has 0 amide bonds. The van der Waals surface area contributed by atoms with E-state index >= 15 is 0 Å². The summed E-state index contributed by atoms with van der Waals surface area (Å²) in [5.41, 5.74) is 4.98. The van der Waals surface area contributed by atoms with Gasteiger partial charge in [-0.15, -0.1) is 0 Å². The van der Waals surface area contributed by atoms with Crippen LogP contribution in [0.25, 0.3) is 0 Å². The molecule has 100 valence electrons. The number of nitrogens with zero attached hydrogens (tertiary/aromatic N) is 1. The summed E-state index contributed by atoms with van der Waals surface area (Å²) in [5.74, 6) is 0.297. The van der Waals surface area contributed by atoms with Crippen molar-refractivity contribution in [3.05, 3.63) is 18.3 Å². The zero-order valence-electron chi connectivity index (χ0n) is 10.2. The molecule has 0 saturated carbocycles. The van der Waals surface area contributed by atoms with Crippen LogP contribution in [0.3, 0.4) is 0 Å². The molecular weight excluding hydrogens is 254 g/mol. The van der Waals surface area contributed by atoms with Gasteiger partial charge in [0.2, 0.25) is 10.0 Å². The molecule has 1 fully saturated rings. The first kappa shape index (κ1) is 13.3. The predicted octanol–water partition coefficient (Wildman–Crippen LogP) is 0.511. The van der Waals surface area contributed by atoms with Crippen LogP contribution in [0.2, 0.25) is 0 Å². The van der Waals surface area contributed by atoms with Crippen molar-refractivity contribution in [3.8, 4) is 0 Å². The molecule has 0 aliphatic carbocycles. The topological polar surface area (TPSA) is 94.3 Å². The van der Waals surface area contributed by atoms with Crippen molar-refractivity contribution >= 4 is 15.8 Å². The van der Waals surface area contributed by atoms with Gasteiger partial charge in [-0.25, -0.2) is 18.1 Å². The molecule has 0 spiro atoms. The lowest BCUT2D eigenvalue weighted by Gasteiger charge is -2.33. The van der Waals surface area contributed by atoms with E-state index in [-0.39, 0.29) is 4.90 Å². The Hall–Kier alpha value is -1.18. The fourth-order valence-electron chi connectivity index (χ4n) is 1.86. The minimum absolute atomic E-state index is 0.129. The van der Waals surface area contributed by atoms with Crippen molar-refractivity contribution in [1.82, 2.24) is 9.71 Å². The molecule has 1 saturated heterocycles. The van der Waals surface area contributed by atoms with Crippen LogP contribution in [-0.4, -0.2) is 32.2 Å². The molecule has 0 aromatic carbocycles. The third-order valence-electron chi connectivity index (χ3n) is 3.05. The Morgan fingerprint density at radius 2 is 2.06 bits per heavy atom. The minimum atomic E-state index is -3.56. The molecule has 1 aliphatic heterocycles. The first-order valence-corrected chi connectivity index (χ1v) is 7.23. The lowest BCUT2D eigenvalue weighted by molar-refractivity contribution is 0.0537. The number of sulfonamides is 1. The van der Waals surface area contributed by atoms with Crippen LogP contribution < -0.4 is 10.5 Å². The van der Waals surface area contributed by atoms with Crippen molar-refractivity contribution < 1.29 is 13.2 Å². The average molecular weight is 271 g/mol. The molecule has 2 rings (SSSR count). The van der Waals surface area contributed by atoms with Gasteiger partial charge in [0.15, 0.2) is 0 Å². The van der Waals surface area contributed by atoms with Gasteiger partial charge in [-0.05, 0) is 31.9 Å². The van der Waals surface area contributed by atoms with Crippen LogP contribution in [0, 0.1) is 0 Å². The highest BCUT2D eigenvalue weighted by Gasteiger charge is 2.32. The highest BCUT2D eigenvalue weighted by atomic mass is 32.2. The summed E-state index contributed by atoms with van der Waals surface area (Å²) < 4.78 is 32.3. The zero-order chi connectivity index (χ0) is 13.2. The Balaban J connectivity index is 2.18. The van der Waals surface area contributed by atoms with Crippen LogP contribution in [-0.2, 0) is 14.8 Å². The van der Waals surface area contributed by atoms with Crippen molar-refractivity contribution in [1.29, 1.82) is 0 Å². The van der Waals surface area contributed by atoms with E-state index in [2.05, 4.69) is 9.71 Å². The molecular formula is C11H17N3O3S. The molecule has 0 radical (unpaired) electrons. The SMILES string of the molecule is CC1(NS(=O)(=O)c2ccc(N)nc2)CCOCC1. The van der Waals surface area contributed by atoms with Gasteiger partial charge in [-0.1, -0.05) is 0 Å². The van der Waals surface area contributed by atoms with Gasteiger partial charge in [-0.2, -0.15) is 0 Å². The number of rotatable bonds is 3. The van der Waals surface area contributed by atoms with Crippen LogP contribution in [0.4, 0.5) is 5.82 Å². The summed E-state index contributed by atoms with van der Waals surface area (Å²) in [4.78, 5) is 3.92. The van der Waals surface area contributed by atoms with E-state index in [0.717, 1.165) is 0 Å². The second-order valence-corrected chi connectivity index (χ2v) is 6.38. The standard InChI is InChI=1S/C11H17N3O3S/c1-11(4-6-17-7-5-11)14-18(15,16)9-2-3-10(12)13-8-9/h2-3,8,14H,4-7H2,1H3,(H2,12,13). The molecule has 18 heavy (non-hydrogen) atoms. The van der Waals surface area contributed by atoms with E-state index in [1.54, 1.807) is 0 Å². The Labute approximate surface area is 107 Å². The van der Waals surface area contributed by atoms with Crippen LogP contribution in [0.1, 0.15) is 19.8 Å². The van der Waals surface area contributed by atoms with Gasteiger partial charge in [0, 0.05) is 24.9 Å². The number of aromatic nitrogens is 1. The predicted molar refractivity (Wildman–Crippen MR) is 67.4 cm³/mol. The molecule has 0 unspecified atom stereocenters. The van der Waals surface area contributed by atoms with E-state index in [1.807, 2.05) is 6.92 Å². The third-order valence-corrected chi connectivity index (χ3v) is 4.67. The summed E-state index contributed by atoms with van der Waals surface area (Å²) in [6, 6.07) is 2.92. The number of nitrogen functional groups attached to an aromatic ring is 1. The highest BCUT2D eigenvalue weighted by Crippen LogP contribution is 2.22. The lowest BCUT2D eigenvalue weighted by atomic mass is 9.94. The van der Waals surface area contributed by atoms with E-state index in [0.29, 0.717) is 31.9 Å². The molecule has 1 aromatic rings. The van der Waals surface area contributed by atoms with Crippen LogP contribution in [0.15, 0.2) is 23.2 Å². The highest BCUT2D eigenvalue weighted by molar-refractivity contribution is 7.89. The normalized spacial score (nSPS) is 19.6. The van der Waals surface area contributed by atoms with Gasteiger partial charge in [0.1, 0.15) is 10.7 Å². The van der Waals surface area contributed by atoms with Gasteiger partial charge < -0.3 is 10.5 Å². The molecule has 3 N–H and O–H groups in total. The summed E-state index contributed by atoms with van der Waals surface area (Å²) in [5, 5.41) is 0. The molecule has 0 atom stereocenters. The Morgan fingerprint density at radius 3 is 2.61 bits per heavy atom. The van der Waals surface area contributed by atoms with Crippen LogP contribution in [0.5, 0.6) is 0 Å². The Morgan fingerprint density at radius 1 is 1.39 bits per heavy atom. The summed E-state index contributed by atoms with van der Waals surface area (Å²) in [6.45, 7) is 3.02. The summed E-state index contributed by atoms with van der Waals surface area (Å²) in [7, 11) is -3.56. The number of ether oxygens (including phenoxy) is 1. The Kier molecular flexibility index (Phi) is 3.56. The number of hydrogen-bond acceptors (Lipinski definition) is 5. The maximum absolute atomic E-state index is 12.2. The van der Waals surface area contributed by atoms with Crippen molar-refractivity contribution in [2.75, 3.05) is 18.9 Å². The number of anilines is 1. The third kappa shape index (κ3) is 2.98. The molecule has 7 heteroatoms. The second kappa shape index (κ2) is 4.83. The van der Waals surface area contributed by atoms with Crippen molar-refractivity contribution in [3.63, 3.8) is 0 Å². The monoisotopic (exact) mass is 271 g/mol. The average Bonchev–Trinajstić information content (AvgIpc) is 2.29. The first-order valence-electron chi connectivity index (χ1n) is 5.75.